The molecule has 18 heavy (non-hydrogen) atoms. The Balaban J connectivity index is 1.92. The van der Waals surface area contributed by atoms with Crippen molar-refractivity contribution in [1.29, 1.82) is 0 Å². The molecule has 0 radical (unpaired) electrons. The zero-order valence-electron chi connectivity index (χ0n) is 10.6. The van der Waals surface area contributed by atoms with Crippen molar-refractivity contribution in [3.05, 3.63) is 45.9 Å². The lowest BCUT2D eigenvalue weighted by Gasteiger charge is -2.10. The van der Waals surface area contributed by atoms with Gasteiger partial charge in [-0.1, -0.05) is 18.2 Å². The van der Waals surface area contributed by atoms with Crippen molar-refractivity contribution >= 4 is 11.3 Å². The van der Waals surface area contributed by atoms with E-state index in [-0.39, 0.29) is 0 Å². The number of nitrogens with zero attached hydrogens (tertiary/aromatic N) is 1. The average molecular weight is 262 g/mol. The fraction of sp³-hybridized carbons (Fsp3) is 0.357. The maximum Gasteiger partial charge on any atom is 0.122 e. The maximum atomic E-state index is 5.84. The second-order valence-electron chi connectivity index (χ2n) is 4.11. The van der Waals surface area contributed by atoms with E-state index in [1.54, 1.807) is 11.3 Å². The van der Waals surface area contributed by atoms with Crippen LogP contribution in [0.4, 0.5) is 0 Å². The summed E-state index contributed by atoms with van der Waals surface area (Å²) in [5.74, 6) is 0.949. The highest BCUT2D eigenvalue weighted by Gasteiger charge is 2.04. The van der Waals surface area contributed by atoms with E-state index in [0.717, 1.165) is 24.3 Å². The zero-order valence-corrected chi connectivity index (χ0v) is 11.4. The summed E-state index contributed by atoms with van der Waals surface area (Å²) in [6, 6.07) is 8.09. The van der Waals surface area contributed by atoms with Crippen LogP contribution in [0.15, 0.2) is 29.8 Å². The van der Waals surface area contributed by atoms with Gasteiger partial charge >= 0.3 is 0 Å². The molecule has 0 unspecified atom stereocenters. The molecule has 0 fully saturated rings. The van der Waals surface area contributed by atoms with Crippen molar-refractivity contribution in [3.8, 4) is 5.75 Å². The van der Waals surface area contributed by atoms with Crippen LogP contribution in [0.2, 0.25) is 0 Å². The number of rotatable bonds is 6. The van der Waals surface area contributed by atoms with Gasteiger partial charge in [-0.3, -0.25) is 0 Å². The van der Waals surface area contributed by atoms with Gasteiger partial charge in [0.1, 0.15) is 5.75 Å². The van der Waals surface area contributed by atoms with Gasteiger partial charge in [-0.2, -0.15) is 0 Å². The normalized spacial score (nSPS) is 10.6. The van der Waals surface area contributed by atoms with Gasteiger partial charge in [0.15, 0.2) is 0 Å². The van der Waals surface area contributed by atoms with Crippen LogP contribution in [0.5, 0.6) is 5.75 Å². The Labute approximate surface area is 112 Å². The summed E-state index contributed by atoms with van der Waals surface area (Å²) in [4.78, 5) is 5.53. The van der Waals surface area contributed by atoms with Crippen LogP contribution in [-0.4, -0.2) is 18.1 Å². The summed E-state index contributed by atoms with van der Waals surface area (Å²) < 4.78 is 5.84. The molecule has 0 saturated heterocycles. The van der Waals surface area contributed by atoms with E-state index in [0.29, 0.717) is 13.2 Å². The van der Waals surface area contributed by atoms with Gasteiger partial charge in [0.05, 0.1) is 17.8 Å². The van der Waals surface area contributed by atoms with Crippen LogP contribution in [0.1, 0.15) is 16.1 Å². The molecule has 3 nitrogen and oxygen atoms in total. The number of para-hydroxylation sites is 1. The molecular weight excluding hydrogens is 244 g/mol. The van der Waals surface area contributed by atoms with Crippen molar-refractivity contribution in [3.63, 3.8) is 0 Å². The number of aryl methyl sites for hydroxylation is 1. The highest BCUT2D eigenvalue weighted by Crippen LogP contribution is 2.19. The third-order valence-corrected chi connectivity index (χ3v) is 3.81. The minimum atomic E-state index is 0.647. The first-order valence-corrected chi connectivity index (χ1v) is 6.99. The lowest BCUT2D eigenvalue weighted by Crippen LogP contribution is -2.07. The number of hydrogen-bond donors (Lipinski definition) is 1. The summed E-state index contributed by atoms with van der Waals surface area (Å²) in [6.45, 7) is 3.37. The first kappa shape index (κ1) is 13.1. The van der Waals surface area contributed by atoms with Crippen LogP contribution < -0.4 is 10.5 Å². The predicted octanol–water partition coefficient (Wildman–Crippen LogP) is 2.57. The molecule has 96 valence electrons. The maximum absolute atomic E-state index is 5.84. The first-order chi connectivity index (χ1) is 8.81. The highest BCUT2D eigenvalue weighted by atomic mass is 32.1. The minimum Gasteiger partial charge on any atom is -0.493 e. The van der Waals surface area contributed by atoms with Crippen molar-refractivity contribution in [2.24, 2.45) is 5.73 Å². The van der Waals surface area contributed by atoms with Gasteiger partial charge in [0.2, 0.25) is 0 Å². The molecule has 2 N–H and O–H groups in total. The number of aromatic nitrogens is 1. The fourth-order valence-electron chi connectivity index (χ4n) is 1.83. The molecule has 0 amide bonds. The predicted molar refractivity (Wildman–Crippen MR) is 75.3 cm³/mol. The summed E-state index contributed by atoms with van der Waals surface area (Å²) in [5.41, 5.74) is 9.77. The van der Waals surface area contributed by atoms with E-state index in [4.69, 9.17) is 10.5 Å². The lowest BCUT2D eigenvalue weighted by molar-refractivity contribution is 0.319. The molecule has 4 heteroatoms. The monoisotopic (exact) mass is 262 g/mol. The second kappa shape index (κ2) is 6.52. The number of hydrogen-bond acceptors (Lipinski definition) is 4. The summed E-state index contributed by atoms with van der Waals surface area (Å²) in [5, 5.41) is 0. The molecule has 0 bridgehead atoms. The van der Waals surface area contributed by atoms with Crippen LogP contribution >= 0.6 is 11.3 Å². The highest BCUT2D eigenvalue weighted by molar-refractivity contribution is 7.09. The molecule has 0 aliphatic carbocycles. The van der Waals surface area contributed by atoms with Crippen molar-refractivity contribution in [1.82, 2.24) is 4.98 Å². The number of benzene rings is 1. The largest absolute Gasteiger partial charge is 0.493 e. The quantitative estimate of drug-likeness (QED) is 0.870. The van der Waals surface area contributed by atoms with E-state index < -0.39 is 0 Å². The van der Waals surface area contributed by atoms with Gasteiger partial charge in [-0.05, 0) is 31.5 Å². The number of ether oxygens (including phenoxy) is 1. The molecule has 1 heterocycles. The van der Waals surface area contributed by atoms with E-state index in [1.165, 1.54) is 10.4 Å². The summed E-state index contributed by atoms with van der Waals surface area (Å²) >= 11 is 1.69. The molecule has 2 rings (SSSR count). The minimum absolute atomic E-state index is 0.647. The van der Waals surface area contributed by atoms with Crippen LogP contribution in [0.3, 0.4) is 0 Å². The van der Waals surface area contributed by atoms with Crippen LogP contribution in [-0.2, 0) is 12.8 Å². The standard InChI is InChI=1S/C14H18N2OS/c1-11-14(18-10-16-11)7-9-17-13-5-3-2-4-12(13)6-8-15/h2-5,10H,6-9,15H2,1H3. The van der Waals surface area contributed by atoms with Crippen LogP contribution in [0.25, 0.3) is 0 Å². The fourth-order valence-corrected chi connectivity index (χ4v) is 2.59. The topological polar surface area (TPSA) is 48.1 Å². The van der Waals surface area contributed by atoms with Gasteiger partial charge < -0.3 is 10.5 Å². The van der Waals surface area contributed by atoms with Gasteiger partial charge in [-0.15, -0.1) is 11.3 Å². The third kappa shape index (κ3) is 3.31. The zero-order chi connectivity index (χ0) is 12.8. The Morgan fingerprint density at radius 1 is 1.28 bits per heavy atom. The van der Waals surface area contributed by atoms with E-state index in [1.807, 2.05) is 30.6 Å². The second-order valence-corrected chi connectivity index (χ2v) is 5.05. The smallest absolute Gasteiger partial charge is 0.122 e. The van der Waals surface area contributed by atoms with E-state index >= 15 is 0 Å². The van der Waals surface area contributed by atoms with Crippen molar-refractivity contribution in [2.75, 3.05) is 13.2 Å². The Bertz CT molecular complexity index is 496. The van der Waals surface area contributed by atoms with Gasteiger partial charge in [0.25, 0.3) is 0 Å². The molecule has 0 saturated carbocycles. The molecule has 0 spiro atoms. The Morgan fingerprint density at radius 2 is 2.11 bits per heavy atom. The Hall–Kier alpha value is -1.39. The number of nitrogens with two attached hydrogens (primary N) is 1. The SMILES string of the molecule is Cc1ncsc1CCOc1ccccc1CCN. The van der Waals surface area contributed by atoms with Crippen molar-refractivity contribution < 1.29 is 4.74 Å². The molecule has 2 aromatic rings. The van der Waals surface area contributed by atoms with E-state index in [2.05, 4.69) is 11.1 Å². The third-order valence-electron chi connectivity index (χ3n) is 2.82. The van der Waals surface area contributed by atoms with Gasteiger partial charge in [-0.25, -0.2) is 4.98 Å². The van der Waals surface area contributed by atoms with Crippen molar-refractivity contribution in [2.45, 2.75) is 19.8 Å². The summed E-state index contributed by atoms with van der Waals surface area (Å²) in [7, 11) is 0. The van der Waals surface area contributed by atoms with Crippen LogP contribution in [0, 0.1) is 6.92 Å². The van der Waals surface area contributed by atoms with Gasteiger partial charge in [0, 0.05) is 11.3 Å². The first-order valence-electron chi connectivity index (χ1n) is 6.11. The molecule has 1 aromatic heterocycles. The molecular formula is C14H18N2OS. The lowest BCUT2D eigenvalue weighted by atomic mass is 10.1. The molecule has 0 aliphatic heterocycles. The molecule has 0 atom stereocenters. The number of thiazole rings is 1. The molecule has 1 aromatic carbocycles. The molecule has 0 aliphatic rings. The summed E-state index contributed by atoms with van der Waals surface area (Å²) in [6.07, 6.45) is 1.77. The van der Waals surface area contributed by atoms with E-state index in [9.17, 15) is 0 Å². The Kier molecular flexibility index (Phi) is 4.73. The average Bonchev–Trinajstić information content (AvgIpc) is 2.78. The Morgan fingerprint density at radius 3 is 2.83 bits per heavy atom.